The summed E-state index contributed by atoms with van der Waals surface area (Å²) in [6.07, 6.45) is 5.96. The first-order valence-corrected chi connectivity index (χ1v) is 7.17. The molecular formula is C16H23NO. The summed E-state index contributed by atoms with van der Waals surface area (Å²) in [7, 11) is 1.99. The van der Waals surface area contributed by atoms with Crippen LogP contribution >= 0.6 is 0 Å². The largest absolute Gasteiger partial charge is 0.490 e. The Labute approximate surface area is 110 Å². The molecule has 1 aromatic carbocycles. The average Bonchev–Trinajstić information content (AvgIpc) is 2.95. The maximum atomic E-state index is 6.31. The second-order valence-electron chi connectivity index (χ2n) is 5.97. The van der Waals surface area contributed by atoms with Crippen LogP contribution in [0.15, 0.2) is 18.2 Å². The first kappa shape index (κ1) is 12.0. The van der Waals surface area contributed by atoms with Gasteiger partial charge < -0.3 is 10.1 Å². The molecule has 18 heavy (non-hydrogen) atoms. The van der Waals surface area contributed by atoms with Crippen LogP contribution in [0.3, 0.4) is 0 Å². The van der Waals surface area contributed by atoms with E-state index in [-0.39, 0.29) is 0 Å². The van der Waals surface area contributed by atoms with Gasteiger partial charge in [-0.1, -0.05) is 17.7 Å². The summed E-state index contributed by atoms with van der Waals surface area (Å²) < 4.78 is 6.31. The molecule has 2 aliphatic carbocycles. The minimum atomic E-state index is 0.474. The lowest BCUT2D eigenvalue weighted by Gasteiger charge is -2.24. The molecule has 3 unspecified atom stereocenters. The van der Waals surface area contributed by atoms with E-state index in [1.165, 1.54) is 36.8 Å². The van der Waals surface area contributed by atoms with Crippen molar-refractivity contribution in [1.29, 1.82) is 0 Å². The molecule has 2 heteroatoms. The Bertz CT molecular complexity index is 429. The number of ether oxygens (including phenoxy) is 1. The van der Waals surface area contributed by atoms with E-state index < -0.39 is 0 Å². The normalized spacial score (nSPS) is 29.8. The standard InChI is InChI=1S/C16H23NO/c1-11-3-6-15(14(7-11)10-17-2)18-16-9-12-4-5-13(16)8-12/h3,6-7,12-13,16-17H,4-5,8-10H2,1-2H3. The number of benzene rings is 1. The van der Waals surface area contributed by atoms with Crippen LogP contribution < -0.4 is 10.1 Å². The van der Waals surface area contributed by atoms with Crippen molar-refractivity contribution < 1.29 is 4.74 Å². The summed E-state index contributed by atoms with van der Waals surface area (Å²) in [5.41, 5.74) is 2.60. The predicted octanol–water partition coefficient (Wildman–Crippen LogP) is 3.28. The van der Waals surface area contributed by atoms with Gasteiger partial charge in [0.05, 0.1) is 0 Å². The van der Waals surface area contributed by atoms with Gasteiger partial charge in [0.2, 0.25) is 0 Å². The molecule has 98 valence electrons. The van der Waals surface area contributed by atoms with Gasteiger partial charge in [-0.15, -0.1) is 0 Å². The molecule has 0 aliphatic heterocycles. The molecule has 2 aliphatic rings. The Morgan fingerprint density at radius 3 is 2.83 bits per heavy atom. The maximum Gasteiger partial charge on any atom is 0.124 e. The van der Waals surface area contributed by atoms with Crippen molar-refractivity contribution >= 4 is 0 Å². The second kappa shape index (κ2) is 4.93. The molecule has 0 spiro atoms. The van der Waals surface area contributed by atoms with Crippen LogP contribution in [0.4, 0.5) is 0 Å². The zero-order chi connectivity index (χ0) is 12.5. The van der Waals surface area contributed by atoms with Gasteiger partial charge in [-0.05, 0) is 57.6 Å². The van der Waals surface area contributed by atoms with E-state index in [0.717, 1.165) is 24.1 Å². The number of hydrogen-bond acceptors (Lipinski definition) is 2. The zero-order valence-corrected chi connectivity index (χ0v) is 11.4. The summed E-state index contributed by atoms with van der Waals surface area (Å²) in [6, 6.07) is 6.54. The molecule has 2 nitrogen and oxygen atoms in total. The molecule has 0 amide bonds. The van der Waals surface area contributed by atoms with Crippen LogP contribution in [0.25, 0.3) is 0 Å². The molecule has 1 N–H and O–H groups in total. The van der Waals surface area contributed by atoms with Crippen molar-refractivity contribution in [2.24, 2.45) is 11.8 Å². The molecular weight excluding hydrogens is 222 g/mol. The minimum absolute atomic E-state index is 0.474. The quantitative estimate of drug-likeness (QED) is 0.879. The zero-order valence-electron chi connectivity index (χ0n) is 11.4. The average molecular weight is 245 g/mol. The third-order valence-corrected chi connectivity index (χ3v) is 4.53. The van der Waals surface area contributed by atoms with E-state index in [2.05, 4.69) is 30.4 Å². The molecule has 3 atom stereocenters. The van der Waals surface area contributed by atoms with Crippen molar-refractivity contribution in [3.8, 4) is 5.75 Å². The smallest absolute Gasteiger partial charge is 0.124 e. The van der Waals surface area contributed by atoms with Crippen LogP contribution in [-0.2, 0) is 6.54 Å². The van der Waals surface area contributed by atoms with Gasteiger partial charge in [-0.2, -0.15) is 0 Å². The van der Waals surface area contributed by atoms with Gasteiger partial charge in [0, 0.05) is 12.1 Å². The van der Waals surface area contributed by atoms with Gasteiger partial charge >= 0.3 is 0 Å². The van der Waals surface area contributed by atoms with Crippen LogP contribution in [0.5, 0.6) is 5.75 Å². The van der Waals surface area contributed by atoms with Crippen LogP contribution in [0, 0.1) is 18.8 Å². The molecule has 2 saturated carbocycles. The lowest BCUT2D eigenvalue weighted by molar-refractivity contribution is 0.137. The third-order valence-electron chi connectivity index (χ3n) is 4.53. The highest BCUT2D eigenvalue weighted by Crippen LogP contribution is 2.46. The molecule has 0 aromatic heterocycles. The fourth-order valence-electron chi connectivity index (χ4n) is 3.65. The van der Waals surface area contributed by atoms with Crippen LogP contribution in [0.1, 0.15) is 36.8 Å². The highest BCUT2D eigenvalue weighted by Gasteiger charge is 2.41. The van der Waals surface area contributed by atoms with Gasteiger partial charge in [0.15, 0.2) is 0 Å². The third kappa shape index (κ3) is 2.26. The van der Waals surface area contributed by atoms with Gasteiger partial charge in [0.25, 0.3) is 0 Å². The number of nitrogens with one attached hydrogen (secondary N) is 1. The summed E-state index contributed by atoms with van der Waals surface area (Å²) in [6.45, 7) is 3.03. The van der Waals surface area contributed by atoms with E-state index in [1.807, 2.05) is 7.05 Å². The van der Waals surface area contributed by atoms with Crippen LogP contribution in [-0.4, -0.2) is 13.2 Å². The van der Waals surface area contributed by atoms with Crippen LogP contribution in [0.2, 0.25) is 0 Å². The fraction of sp³-hybridized carbons (Fsp3) is 0.625. The number of hydrogen-bond donors (Lipinski definition) is 1. The van der Waals surface area contributed by atoms with Gasteiger partial charge in [-0.3, -0.25) is 0 Å². The summed E-state index contributed by atoms with van der Waals surface area (Å²) >= 11 is 0. The molecule has 0 saturated heterocycles. The number of rotatable bonds is 4. The first-order valence-electron chi connectivity index (χ1n) is 7.17. The molecule has 0 radical (unpaired) electrons. The summed E-state index contributed by atoms with van der Waals surface area (Å²) in [4.78, 5) is 0. The number of fused-ring (bicyclic) bond motifs is 2. The van der Waals surface area contributed by atoms with E-state index in [9.17, 15) is 0 Å². The minimum Gasteiger partial charge on any atom is -0.490 e. The van der Waals surface area contributed by atoms with E-state index in [1.54, 1.807) is 0 Å². The lowest BCUT2D eigenvalue weighted by atomic mass is 9.97. The van der Waals surface area contributed by atoms with Crippen molar-refractivity contribution in [3.05, 3.63) is 29.3 Å². The van der Waals surface area contributed by atoms with E-state index >= 15 is 0 Å². The van der Waals surface area contributed by atoms with Crippen molar-refractivity contribution in [2.45, 2.75) is 45.3 Å². The highest BCUT2D eigenvalue weighted by molar-refractivity contribution is 5.37. The molecule has 3 rings (SSSR count). The Hall–Kier alpha value is -1.02. The summed E-state index contributed by atoms with van der Waals surface area (Å²) in [5, 5.41) is 3.23. The first-order chi connectivity index (χ1) is 8.76. The lowest BCUT2D eigenvalue weighted by Crippen LogP contribution is -2.24. The monoisotopic (exact) mass is 245 g/mol. The molecule has 0 heterocycles. The Kier molecular flexibility index (Phi) is 3.29. The van der Waals surface area contributed by atoms with E-state index in [0.29, 0.717) is 6.10 Å². The number of aryl methyl sites for hydroxylation is 1. The topological polar surface area (TPSA) is 21.3 Å². The van der Waals surface area contributed by atoms with Gasteiger partial charge in [0.1, 0.15) is 11.9 Å². The summed E-state index contributed by atoms with van der Waals surface area (Å²) in [5.74, 6) is 2.85. The van der Waals surface area contributed by atoms with Crippen molar-refractivity contribution in [1.82, 2.24) is 5.32 Å². The second-order valence-corrected chi connectivity index (χ2v) is 5.97. The van der Waals surface area contributed by atoms with Crippen molar-refractivity contribution in [3.63, 3.8) is 0 Å². The molecule has 2 fully saturated rings. The Morgan fingerprint density at radius 1 is 1.28 bits per heavy atom. The highest BCUT2D eigenvalue weighted by atomic mass is 16.5. The SMILES string of the molecule is CNCc1cc(C)ccc1OC1CC2CCC1C2. The maximum absolute atomic E-state index is 6.31. The Balaban J connectivity index is 1.75. The molecule has 1 aromatic rings. The molecule has 2 bridgehead atoms. The fourth-order valence-corrected chi connectivity index (χ4v) is 3.65. The predicted molar refractivity (Wildman–Crippen MR) is 73.8 cm³/mol. The van der Waals surface area contributed by atoms with E-state index in [4.69, 9.17) is 4.74 Å². The van der Waals surface area contributed by atoms with Gasteiger partial charge in [-0.25, -0.2) is 0 Å². The Morgan fingerprint density at radius 2 is 2.17 bits per heavy atom. The van der Waals surface area contributed by atoms with Crippen molar-refractivity contribution in [2.75, 3.05) is 7.05 Å².